The summed E-state index contributed by atoms with van der Waals surface area (Å²) in [5, 5.41) is 3.29. The number of benzene rings is 3. The molecule has 10 heteroatoms. The Balaban J connectivity index is 2.12. The van der Waals surface area contributed by atoms with Crippen molar-refractivity contribution >= 4 is 39.3 Å². The zero-order chi connectivity index (χ0) is 29.4. The molecule has 0 heterocycles. The molecule has 0 aromatic heterocycles. The molecule has 214 valence electrons. The molecule has 8 nitrogen and oxygen atoms in total. The number of hydrogen-bond donors (Lipinski definition) is 1. The molecule has 3 aromatic rings. The maximum absolute atomic E-state index is 14.2. The molecule has 0 spiro atoms. The monoisotopic (exact) mass is 584 g/mol. The average Bonchev–Trinajstić information content (AvgIpc) is 2.92. The molecule has 2 amide bonds. The van der Waals surface area contributed by atoms with Crippen LogP contribution in [0.3, 0.4) is 0 Å². The number of nitrogens with zero attached hydrogens (tertiary/aromatic N) is 3. The summed E-state index contributed by atoms with van der Waals surface area (Å²) in [7, 11) is -1.22. The Kier molecular flexibility index (Phi) is 10.7. The zero-order valence-electron chi connectivity index (χ0n) is 23.6. The van der Waals surface area contributed by atoms with Crippen LogP contribution in [0, 0.1) is 13.8 Å². The summed E-state index contributed by atoms with van der Waals surface area (Å²) in [5.74, 6) is -0.862. The van der Waals surface area contributed by atoms with Crippen LogP contribution < -0.4 is 9.62 Å². The second kappa shape index (κ2) is 13.8. The van der Waals surface area contributed by atoms with Crippen LogP contribution in [0.2, 0.25) is 5.02 Å². The van der Waals surface area contributed by atoms with E-state index in [1.165, 1.54) is 19.0 Å². The third-order valence-corrected chi connectivity index (χ3v) is 8.75. The van der Waals surface area contributed by atoms with E-state index < -0.39 is 28.7 Å². The number of nitrogens with one attached hydrogen (secondary N) is 1. The molecule has 0 fully saturated rings. The highest BCUT2D eigenvalue weighted by Crippen LogP contribution is 2.27. The number of likely N-dealkylation sites (N-methyl/N-ethyl adjacent to an activating group) is 1. The fourth-order valence-electron chi connectivity index (χ4n) is 4.35. The molecular formula is C30H37ClN4O4S. The number of halogens is 1. The molecule has 40 heavy (non-hydrogen) atoms. The van der Waals surface area contributed by atoms with Gasteiger partial charge >= 0.3 is 10.2 Å². The summed E-state index contributed by atoms with van der Waals surface area (Å²) in [6.07, 6.45) is 0.243. The summed E-state index contributed by atoms with van der Waals surface area (Å²) in [4.78, 5) is 29.1. The minimum Gasteiger partial charge on any atom is -0.355 e. The lowest BCUT2D eigenvalue weighted by Gasteiger charge is -2.35. The number of carbonyl (C=O) groups excluding carboxylic acids is 2. The van der Waals surface area contributed by atoms with E-state index in [0.717, 1.165) is 19.7 Å². The van der Waals surface area contributed by atoms with Crippen LogP contribution >= 0.6 is 11.6 Å². The third kappa shape index (κ3) is 7.62. The van der Waals surface area contributed by atoms with Crippen molar-refractivity contribution in [1.29, 1.82) is 0 Å². The van der Waals surface area contributed by atoms with Crippen molar-refractivity contribution in [3.05, 3.63) is 100 Å². The topological polar surface area (TPSA) is 90.0 Å². The van der Waals surface area contributed by atoms with E-state index in [9.17, 15) is 18.0 Å². The first-order valence-electron chi connectivity index (χ1n) is 13.1. The van der Waals surface area contributed by atoms with Crippen LogP contribution in [0.4, 0.5) is 5.69 Å². The molecule has 0 unspecified atom stereocenters. The molecule has 3 rings (SSSR count). The number of aryl methyl sites for hydroxylation is 2. The first kappa shape index (κ1) is 31.1. The van der Waals surface area contributed by atoms with Crippen LogP contribution in [0.25, 0.3) is 0 Å². The largest absolute Gasteiger partial charge is 0.355 e. The van der Waals surface area contributed by atoms with Gasteiger partial charge in [-0.25, -0.2) is 4.31 Å². The highest BCUT2D eigenvalue weighted by molar-refractivity contribution is 7.90. The smallest absolute Gasteiger partial charge is 0.304 e. The van der Waals surface area contributed by atoms with Gasteiger partial charge in [0.15, 0.2) is 0 Å². The van der Waals surface area contributed by atoms with E-state index in [1.807, 2.05) is 56.3 Å². The van der Waals surface area contributed by atoms with Gasteiger partial charge in [0.1, 0.15) is 12.6 Å². The maximum Gasteiger partial charge on any atom is 0.304 e. The molecule has 3 aromatic carbocycles. The Morgan fingerprint density at radius 3 is 2.23 bits per heavy atom. The van der Waals surface area contributed by atoms with Gasteiger partial charge in [-0.15, -0.1) is 0 Å². The first-order chi connectivity index (χ1) is 18.9. The summed E-state index contributed by atoms with van der Waals surface area (Å²) in [6.45, 7) is 5.37. The maximum atomic E-state index is 14.2. The first-order valence-corrected chi connectivity index (χ1v) is 14.8. The third-order valence-electron chi connectivity index (χ3n) is 6.57. The lowest BCUT2D eigenvalue weighted by Crippen LogP contribution is -2.54. The van der Waals surface area contributed by atoms with Crippen molar-refractivity contribution in [3.63, 3.8) is 0 Å². The normalized spacial score (nSPS) is 12.2. The minimum absolute atomic E-state index is 0.0236. The zero-order valence-corrected chi connectivity index (χ0v) is 25.2. The van der Waals surface area contributed by atoms with Crippen molar-refractivity contribution in [3.8, 4) is 0 Å². The number of hydrogen-bond acceptors (Lipinski definition) is 4. The molecule has 0 radical (unpaired) electrons. The van der Waals surface area contributed by atoms with E-state index in [4.69, 9.17) is 11.6 Å². The lowest BCUT2D eigenvalue weighted by atomic mass is 10.0. The highest BCUT2D eigenvalue weighted by Gasteiger charge is 2.35. The SMILES string of the molecule is CCNC(=O)[C@H](Cc1ccccc1)N(Cc1ccccc1Cl)C(=O)CN(c1cc(C)ccc1C)S(=O)(=O)N(C)C. The van der Waals surface area contributed by atoms with Crippen molar-refractivity contribution in [2.75, 3.05) is 31.5 Å². The van der Waals surface area contributed by atoms with E-state index in [-0.39, 0.29) is 18.9 Å². The standard InChI is InChI=1S/C30H37ClN4O4S/c1-6-32-30(37)28(19-24-12-8-7-9-13-24)34(20-25-14-10-11-15-26(25)31)29(36)21-35(40(38,39)33(4)5)27-18-22(2)16-17-23(27)3/h7-18,28H,6,19-21H2,1-5H3,(H,32,37)/t28-/m0/s1. The number of carbonyl (C=O) groups is 2. The van der Waals surface area contributed by atoms with Crippen molar-refractivity contribution < 1.29 is 18.0 Å². The van der Waals surface area contributed by atoms with E-state index in [1.54, 1.807) is 37.3 Å². The molecule has 0 aliphatic carbocycles. The van der Waals surface area contributed by atoms with Gasteiger partial charge < -0.3 is 10.2 Å². The minimum atomic E-state index is -4.06. The van der Waals surface area contributed by atoms with Gasteiger partial charge in [-0.1, -0.05) is 72.3 Å². The Bertz CT molecular complexity index is 1430. The molecule has 0 saturated carbocycles. The number of rotatable bonds is 12. The molecule has 1 atom stereocenters. The van der Waals surface area contributed by atoms with E-state index >= 15 is 0 Å². The van der Waals surface area contributed by atoms with Crippen LogP contribution in [0.1, 0.15) is 29.2 Å². The van der Waals surface area contributed by atoms with E-state index in [0.29, 0.717) is 28.4 Å². The summed E-state index contributed by atoms with van der Waals surface area (Å²) < 4.78 is 29.3. The second-order valence-corrected chi connectivity index (χ2v) is 12.3. The van der Waals surface area contributed by atoms with Gasteiger partial charge in [-0.3, -0.25) is 9.59 Å². The van der Waals surface area contributed by atoms with Gasteiger partial charge in [-0.05, 0) is 55.2 Å². The summed E-state index contributed by atoms with van der Waals surface area (Å²) >= 11 is 6.48. The Morgan fingerprint density at radius 2 is 1.60 bits per heavy atom. The van der Waals surface area contributed by atoms with Crippen LogP contribution in [-0.4, -0.2) is 62.7 Å². The van der Waals surface area contributed by atoms with Crippen LogP contribution in [0.15, 0.2) is 72.8 Å². The quantitative estimate of drug-likeness (QED) is 0.343. The van der Waals surface area contributed by atoms with Crippen molar-refractivity contribution in [2.24, 2.45) is 0 Å². The fourth-order valence-corrected chi connectivity index (χ4v) is 5.65. The fraction of sp³-hybridized carbons (Fsp3) is 0.333. The Morgan fingerprint density at radius 1 is 0.950 bits per heavy atom. The van der Waals surface area contributed by atoms with Crippen molar-refractivity contribution in [1.82, 2.24) is 14.5 Å². The predicted octanol–water partition coefficient (Wildman–Crippen LogP) is 4.35. The highest BCUT2D eigenvalue weighted by atomic mass is 35.5. The molecule has 0 aliphatic heterocycles. The van der Waals surface area contributed by atoms with Gasteiger partial charge in [0, 0.05) is 38.6 Å². The van der Waals surface area contributed by atoms with Crippen LogP contribution in [0.5, 0.6) is 0 Å². The van der Waals surface area contributed by atoms with Gasteiger partial charge in [0.05, 0.1) is 5.69 Å². The van der Waals surface area contributed by atoms with Crippen molar-refractivity contribution in [2.45, 2.75) is 39.8 Å². The predicted molar refractivity (Wildman–Crippen MR) is 160 cm³/mol. The van der Waals surface area contributed by atoms with Gasteiger partial charge in [-0.2, -0.15) is 12.7 Å². The molecular weight excluding hydrogens is 548 g/mol. The summed E-state index contributed by atoms with van der Waals surface area (Å²) in [6, 6.07) is 21.1. The number of anilines is 1. The molecule has 0 saturated heterocycles. The average molecular weight is 585 g/mol. The Hall–Kier alpha value is -3.40. The van der Waals surface area contributed by atoms with Gasteiger partial charge in [0.25, 0.3) is 0 Å². The second-order valence-electron chi connectivity index (χ2n) is 9.80. The lowest BCUT2D eigenvalue weighted by molar-refractivity contribution is -0.140. The van der Waals surface area contributed by atoms with E-state index in [2.05, 4.69) is 5.32 Å². The molecule has 0 aliphatic rings. The van der Waals surface area contributed by atoms with Crippen LogP contribution in [-0.2, 0) is 32.8 Å². The number of amides is 2. The van der Waals surface area contributed by atoms with Gasteiger partial charge in [0.2, 0.25) is 11.8 Å². The molecule has 0 bridgehead atoms. The molecule has 1 N–H and O–H groups in total. The Labute approximate surface area is 242 Å². The summed E-state index contributed by atoms with van der Waals surface area (Å²) in [5.41, 5.74) is 3.46.